The van der Waals surface area contributed by atoms with E-state index in [1.807, 2.05) is 36.4 Å². The Labute approximate surface area is 170 Å². The molecule has 0 aliphatic rings. The normalized spacial score (nSPS) is 10.3. The number of carbonyl (C=O) groups is 1. The van der Waals surface area contributed by atoms with Gasteiger partial charge in [0.05, 0.1) is 26.9 Å². The Balaban J connectivity index is 1.75. The summed E-state index contributed by atoms with van der Waals surface area (Å²) < 4.78 is 21.4. The first-order chi connectivity index (χ1) is 14.1. The standard InChI is InChI=1S/C24H24O5/c1-26-20-8-4-6-17(14-20)10-11-18-7-5-9-21(15-18)29-23-16-19(24(25)28-3)12-13-22(23)27-2/h4-9,12-16H,10-11H2,1-3H3. The summed E-state index contributed by atoms with van der Waals surface area (Å²) in [4.78, 5) is 11.8. The summed E-state index contributed by atoms with van der Waals surface area (Å²) in [7, 11) is 4.58. The van der Waals surface area contributed by atoms with Crippen molar-refractivity contribution in [2.45, 2.75) is 12.8 Å². The zero-order chi connectivity index (χ0) is 20.6. The molecule has 0 atom stereocenters. The molecule has 0 N–H and O–H groups in total. The molecular formula is C24H24O5. The maximum absolute atomic E-state index is 11.8. The molecule has 0 unspecified atom stereocenters. The summed E-state index contributed by atoms with van der Waals surface area (Å²) >= 11 is 0. The highest BCUT2D eigenvalue weighted by Crippen LogP contribution is 2.33. The number of esters is 1. The van der Waals surface area contributed by atoms with Crippen LogP contribution in [0.2, 0.25) is 0 Å². The molecule has 0 saturated carbocycles. The lowest BCUT2D eigenvalue weighted by molar-refractivity contribution is 0.0600. The summed E-state index contributed by atoms with van der Waals surface area (Å²) in [6.07, 6.45) is 1.76. The van der Waals surface area contributed by atoms with Gasteiger partial charge in [0.15, 0.2) is 11.5 Å². The second-order valence-electron chi connectivity index (χ2n) is 6.46. The zero-order valence-corrected chi connectivity index (χ0v) is 16.8. The number of aryl methyl sites for hydroxylation is 2. The van der Waals surface area contributed by atoms with Gasteiger partial charge < -0.3 is 18.9 Å². The number of hydrogen-bond acceptors (Lipinski definition) is 5. The molecule has 0 heterocycles. The highest BCUT2D eigenvalue weighted by Gasteiger charge is 2.12. The van der Waals surface area contributed by atoms with Crippen molar-refractivity contribution in [2.75, 3.05) is 21.3 Å². The fraction of sp³-hybridized carbons (Fsp3) is 0.208. The van der Waals surface area contributed by atoms with E-state index in [9.17, 15) is 4.79 Å². The second kappa shape index (κ2) is 9.64. The molecule has 0 spiro atoms. The molecule has 0 fully saturated rings. The van der Waals surface area contributed by atoms with E-state index in [-0.39, 0.29) is 0 Å². The summed E-state index contributed by atoms with van der Waals surface area (Å²) in [5.74, 6) is 2.11. The van der Waals surface area contributed by atoms with Crippen LogP contribution in [0.4, 0.5) is 0 Å². The minimum absolute atomic E-state index is 0.400. The quantitative estimate of drug-likeness (QED) is 0.501. The molecule has 150 valence electrons. The van der Waals surface area contributed by atoms with Crippen LogP contribution in [-0.2, 0) is 17.6 Å². The van der Waals surface area contributed by atoms with Crippen molar-refractivity contribution in [3.8, 4) is 23.0 Å². The number of ether oxygens (including phenoxy) is 4. The number of methoxy groups -OCH3 is 3. The molecule has 0 bridgehead atoms. The Morgan fingerprint density at radius 2 is 1.38 bits per heavy atom. The lowest BCUT2D eigenvalue weighted by atomic mass is 10.0. The molecule has 5 nitrogen and oxygen atoms in total. The number of benzene rings is 3. The van der Waals surface area contributed by atoms with E-state index in [2.05, 4.69) is 12.1 Å². The smallest absolute Gasteiger partial charge is 0.337 e. The highest BCUT2D eigenvalue weighted by atomic mass is 16.5. The van der Waals surface area contributed by atoms with Crippen molar-refractivity contribution < 1.29 is 23.7 Å². The van der Waals surface area contributed by atoms with E-state index >= 15 is 0 Å². The van der Waals surface area contributed by atoms with Gasteiger partial charge in [0.2, 0.25) is 0 Å². The Bertz CT molecular complexity index is 981. The van der Waals surface area contributed by atoms with Crippen molar-refractivity contribution in [3.63, 3.8) is 0 Å². The van der Waals surface area contributed by atoms with Crippen LogP contribution in [0.25, 0.3) is 0 Å². The lowest BCUT2D eigenvalue weighted by Gasteiger charge is -2.12. The Kier molecular flexibility index (Phi) is 6.74. The predicted octanol–water partition coefficient (Wildman–Crippen LogP) is 5.07. The first-order valence-electron chi connectivity index (χ1n) is 9.29. The summed E-state index contributed by atoms with van der Waals surface area (Å²) in [6, 6.07) is 20.9. The van der Waals surface area contributed by atoms with Crippen molar-refractivity contribution in [1.29, 1.82) is 0 Å². The van der Waals surface area contributed by atoms with E-state index in [4.69, 9.17) is 18.9 Å². The SMILES string of the molecule is COC(=O)c1ccc(OC)c(Oc2cccc(CCc3cccc(OC)c3)c2)c1. The third-order valence-corrected chi connectivity index (χ3v) is 4.55. The Hall–Kier alpha value is -3.47. The number of rotatable bonds is 8. The van der Waals surface area contributed by atoms with Crippen LogP contribution >= 0.6 is 0 Å². The van der Waals surface area contributed by atoms with Crippen LogP contribution in [0.3, 0.4) is 0 Å². The maximum atomic E-state index is 11.8. The summed E-state index contributed by atoms with van der Waals surface area (Å²) in [6.45, 7) is 0. The van der Waals surface area contributed by atoms with Crippen LogP contribution < -0.4 is 14.2 Å². The van der Waals surface area contributed by atoms with Crippen molar-refractivity contribution >= 4 is 5.97 Å². The van der Waals surface area contributed by atoms with E-state index in [0.29, 0.717) is 22.8 Å². The van der Waals surface area contributed by atoms with Crippen LogP contribution in [0.1, 0.15) is 21.5 Å². The van der Waals surface area contributed by atoms with Gasteiger partial charge in [-0.3, -0.25) is 0 Å². The predicted molar refractivity (Wildman–Crippen MR) is 111 cm³/mol. The highest BCUT2D eigenvalue weighted by molar-refractivity contribution is 5.90. The summed E-state index contributed by atoms with van der Waals surface area (Å²) in [5.41, 5.74) is 2.76. The molecule has 3 aromatic carbocycles. The lowest BCUT2D eigenvalue weighted by Crippen LogP contribution is -2.02. The number of carbonyl (C=O) groups excluding carboxylic acids is 1. The second-order valence-corrected chi connectivity index (χ2v) is 6.46. The minimum Gasteiger partial charge on any atom is -0.497 e. The Morgan fingerprint density at radius 3 is 2.00 bits per heavy atom. The van der Waals surface area contributed by atoms with Crippen LogP contribution in [-0.4, -0.2) is 27.3 Å². The van der Waals surface area contributed by atoms with Gasteiger partial charge in [-0.2, -0.15) is 0 Å². The molecule has 3 aromatic rings. The average molecular weight is 392 g/mol. The van der Waals surface area contributed by atoms with E-state index in [1.165, 1.54) is 12.7 Å². The molecule has 0 radical (unpaired) electrons. The van der Waals surface area contributed by atoms with Gasteiger partial charge in [-0.1, -0.05) is 24.3 Å². The van der Waals surface area contributed by atoms with Gasteiger partial charge in [0.25, 0.3) is 0 Å². The van der Waals surface area contributed by atoms with Crippen molar-refractivity contribution in [3.05, 3.63) is 83.4 Å². The molecule has 5 heteroatoms. The van der Waals surface area contributed by atoms with Crippen molar-refractivity contribution in [1.82, 2.24) is 0 Å². The first kappa shape index (κ1) is 20.3. The molecule has 0 aliphatic heterocycles. The molecule has 3 rings (SSSR count). The third kappa shape index (κ3) is 5.29. The molecule has 0 aromatic heterocycles. The fourth-order valence-electron chi connectivity index (χ4n) is 3.01. The van der Waals surface area contributed by atoms with Crippen molar-refractivity contribution in [2.24, 2.45) is 0 Å². The Morgan fingerprint density at radius 1 is 0.724 bits per heavy atom. The third-order valence-electron chi connectivity index (χ3n) is 4.55. The van der Waals surface area contributed by atoms with Gasteiger partial charge in [-0.25, -0.2) is 4.79 Å². The summed E-state index contributed by atoms with van der Waals surface area (Å²) in [5, 5.41) is 0. The molecule has 0 amide bonds. The van der Waals surface area contributed by atoms with Crippen LogP contribution in [0, 0.1) is 0 Å². The zero-order valence-electron chi connectivity index (χ0n) is 16.8. The molecule has 0 saturated heterocycles. The van der Waals surface area contributed by atoms with Gasteiger partial charge in [0, 0.05) is 0 Å². The van der Waals surface area contributed by atoms with E-state index in [0.717, 1.165) is 24.2 Å². The minimum atomic E-state index is -0.426. The average Bonchev–Trinajstić information content (AvgIpc) is 2.77. The largest absolute Gasteiger partial charge is 0.497 e. The van der Waals surface area contributed by atoms with Gasteiger partial charge in [-0.15, -0.1) is 0 Å². The van der Waals surface area contributed by atoms with E-state index < -0.39 is 5.97 Å². The van der Waals surface area contributed by atoms with Crippen LogP contribution in [0.15, 0.2) is 66.7 Å². The number of hydrogen-bond donors (Lipinski definition) is 0. The maximum Gasteiger partial charge on any atom is 0.337 e. The first-order valence-corrected chi connectivity index (χ1v) is 9.29. The van der Waals surface area contributed by atoms with Gasteiger partial charge in [-0.05, 0) is 66.4 Å². The topological polar surface area (TPSA) is 54.0 Å². The molecular weight excluding hydrogens is 368 g/mol. The van der Waals surface area contributed by atoms with Gasteiger partial charge >= 0.3 is 5.97 Å². The van der Waals surface area contributed by atoms with Gasteiger partial charge in [0.1, 0.15) is 11.5 Å². The monoisotopic (exact) mass is 392 g/mol. The van der Waals surface area contributed by atoms with Crippen LogP contribution in [0.5, 0.6) is 23.0 Å². The van der Waals surface area contributed by atoms with E-state index in [1.54, 1.807) is 32.4 Å². The fourth-order valence-corrected chi connectivity index (χ4v) is 3.01. The molecule has 0 aliphatic carbocycles. The molecule has 29 heavy (non-hydrogen) atoms.